The maximum atomic E-state index is 6.19. The molecule has 2 atom stereocenters. The number of halogens is 1. The van der Waals surface area contributed by atoms with Crippen molar-refractivity contribution in [1.29, 1.82) is 0 Å². The van der Waals surface area contributed by atoms with Gasteiger partial charge in [-0.3, -0.25) is 11.3 Å². The van der Waals surface area contributed by atoms with Crippen molar-refractivity contribution >= 4 is 27.3 Å². The zero-order valence-corrected chi connectivity index (χ0v) is 14.6. The minimum Gasteiger partial charge on any atom is -0.369 e. The summed E-state index contributed by atoms with van der Waals surface area (Å²) in [4.78, 5) is 1.27. The molecule has 2 rings (SSSR count). The number of nitrogens with two attached hydrogens (primary N) is 1. The van der Waals surface area contributed by atoms with E-state index in [1.807, 2.05) is 0 Å². The van der Waals surface area contributed by atoms with Gasteiger partial charge in [0, 0.05) is 10.8 Å². The van der Waals surface area contributed by atoms with E-state index in [0.717, 1.165) is 6.42 Å². The van der Waals surface area contributed by atoms with E-state index in [1.54, 1.807) is 11.3 Å². The second kappa shape index (κ2) is 5.11. The van der Waals surface area contributed by atoms with E-state index in [2.05, 4.69) is 62.0 Å². The van der Waals surface area contributed by atoms with Gasteiger partial charge < -0.3 is 4.74 Å². The fraction of sp³-hybridized carbons (Fsp3) is 0.714. The van der Waals surface area contributed by atoms with Crippen molar-refractivity contribution in [1.82, 2.24) is 5.43 Å². The van der Waals surface area contributed by atoms with Crippen LogP contribution in [0.4, 0.5) is 0 Å². The Kier molecular flexibility index (Phi) is 4.16. The van der Waals surface area contributed by atoms with Crippen LogP contribution >= 0.6 is 27.3 Å². The number of rotatable bonds is 3. The second-order valence-electron chi connectivity index (χ2n) is 6.53. The van der Waals surface area contributed by atoms with Crippen LogP contribution in [0.3, 0.4) is 0 Å². The van der Waals surface area contributed by atoms with Crippen molar-refractivity contribution in [3.63, 3.8) is 0 Å². The number of ether oxygens (including phenoxy) is 1. The highest BCUT2D eigenvalue weighted by Gasteiger charge is 2.49. The van der Waals surface area contributed by atoms with E-state index in [9.17, 15) is 0 Å². The fourth-order valence-corrected chi connectivity index (χ4v) is 4.85. The lowest BCUT2D eigenvalue weighted by atomic mass is 9.81. The molecule has 0 radical (unpaired) electrons. The minimum absolute atomic E-state index is 0.0905. The van der Waals surface area contributed by atoms with Crippen LogP contribution in [-0.4, -0.2) is 11.2 Å². The molecule has 1 aliphatic rings. The van der Waals surface area contributed by atoms with E-state index in [-0.39, 0.29) is 17.2 Å². The monoisotopic (exact) mass is 346 g/mol. The molecule has 0 aromatic carbocycles. The average Bonchev–Trinajstić information content (AvgIpc) is 2.66. The fourth-order valence-electron chi connectivity index (χ4n) is 3.16. The van der Waals surface area contributed by atoms with E-state index >= 15 is 0 Å². The Morgan fingerprint density at radius 2 is 2.11 bits per heavy atom. The predicted molar refractivity (Wildman–Crippen MR) is 84.2 cm³/mol. The summed E-state index contributed by atoms with van der Waals surface area (Å²) in [5.74, 6) is 6.20. The third kappa shape index (κ3) is 3.05. The van der Waals surface area contributed by atoms with E-state index in [4.69, 9.17) is 10.6 Å². The van der Waals surface area contributed by atoms with Gasteiger partial charge in [0.1, 0.15) is 0 Å². The van der Waals surface area contributed by atoms with Crippen molar-refractivity contribution in [2.45, 2.75) is 58.3 Å². The Morgan fingerprint density at radius 3 is 2.47 bits per heavy atom. The molecule has 0 saturated carbocycles. The molecule has 19 heavy (non-hydrogen) atoms. The molecule has 2 heterocycles. The first-order valence-electron chi connectivity index (χ1n) is 6.58. The summed E-state index contributed by atoms with van der Waals surface area (Å²) in [7, 11) is 0. The number of nitrogens with one attached hydrogen (secondary N) is 1. The normalized spacial score (nSPS) is 26.6. The second-order valence-corrected chi connectivity index (χ2v) is 8.93. The van der Waals surface area contributed by atoms with Gasteiger partial charge in [0.2, 0.25) is 0 Å². The van der Waals surface area contributed by atoms with Crippen LogP contribution in [-0.2, 0) is 4.74 Å². The van der Waals surface area contributed by atoms with Gasteiger partial charge in [0.25, 0.3) is 0 Å². The molecule has 0 spiro atoms. The molecule has 0 aliphatic carbocycles. The Morgan fingerprint density at radius 1 is 1.47 bits per heavy atom. The van der Waals surface area contributed by atoms with Crippen LogP contribution in [0.2, 0.25) is 0 Å². The topological polar surface area (TPSA) is 47.3 Å². The summed E-state index contributed by atoms with van der Waals surface area (Å²) < 4.78 is 7.37. The molecule has 1 aromatic heterocycles. The Hall–Kier alpha value is 0.0600. The molecular formula is C14H23BrN2OS. The first kappa shape index (κ1) is 15.4. The van der Waals surface area contributed by atoms with E-state index < -0.39 is 0 Å². The molecule has 5 heteroatoms. The highest BCUT2D eigenvalue weighted by atomic mass is 79.9. The molecular weight excluding hydrogens is 324 g/mol. The van der Waals surface area contributed by atoms with E-state index in [0.29, 0.717) is 5.92 Å². The van der Waals surface area contributed by atoms with Crippen LogP contribution < -0.4 is 11.3 Å². The van der Waals surface area contributed by atoms with Crippen LogP contribution in [0.1, 0.15) is 50.6 Å². The Bertz CT molecular complexity index is 451. The first-order valence-corrected chi connectivity index (χ1v) is 8.19. The summed E-state index contributed by atoms with van der Waals surface area (Å²) in [6.45, 7) is 10.7. The van der Waals surface area contributed by atoms with Gasteiger partial charge in [-0.05, 0) is 68.6 Å². The lowest BCUT2D eigenvalue weighted by molar-refractivity contribution is -0.0777. The molecule has 108 valence electrons. The summed E-state index contributed by atoms with van der Waals surface area (Å²) >= 11 is 5.35. The SMILES string of the molecule is Cc1cc(C(NN)C2CC(C)(C)OC2(C)C)sc1Br. The standard InChI is InChI=1S/C14H23BrN2OS/c1-8-6-10(19-12(8)15)11(17-16)9-7-13(2,3)18-14(9,4)5/h6,9,11,17H,7,16H2,1-5H3. The van der Waals surface area contributed by atoms with Crippen molar-refractivity contribution in [3.8, 4) is 0 Å². The van der Waals surface area contributed by atoms with Crippen LogP contribution in [0.25, 0.3) is 0 Å². The summed E-state index contributed by atoms with van der Waals surface area (Å²) in [6, 6.07) is 2.34. The highest BCUT2D eigenvalue weighted by Crippen LogP contribution is 2.49. The van der Waals surface area contributed by atoms with Gasteiger partial charge in [-0.1, -0.05) is 0 Å². The lowest BCUT2D eigenvalue weighted by Crippen LogP contribution is -2.40. The number of hydrazine groups is 1. The number of hydrogen-bond donors (Lipinski definition) is 2. The van der Waals surface area contributed by atoms with Gasteiger partial charge >= 0.3 is 0 Å². The molecule has 0 bridgehead atoms. The summed E-state index contributed by atoms with van der Waals surface area (Å²) in [6.07, 6.45) is 1.00. The molecule has 1 fully saturated rings. The van der Waals surface area contributed by atoms with Crippen LogP contribution in [0, 0.1) is 12.8 Å². The highest BCUT2D eigenvalue weighted by molar-refractivity contribution is 9.11. The van der Waals surface area contributed by atoms with E-state index in [1.165, 1.54) is 14.2 Å². The molecule has 1 aliphatic heterocycles. The summed E-state index contributed by atoms with van der Waals surface area (Å²) in [5.41, 5.74) is 4.00. The average molecular weight is 347 g/mol. The molecule has 1 aromatic rings. The largest absolute Gasteiger partial charge is 0.369 e. The van der Waals surface area contributed by atoms with Crippen molar-refractivity contribution < 1.29 is 4.74 Å². The van der Waals surface area contributed by atoms with Crippen LogP contribution in [0.15, 0.2) is 9.85 Å². The van der Waals surface area contributed by atoms with Crippen LogP contribution in [0.5, 0.6) is 0 Å². The van der Waals surface area contributed by atoms with Gasteiger partial charge in [0.05, 0.1) is 21.0 Å². The van der Waals surface area contributed by atoms with Gasteiger partial charge in [-0.15, -0.1) is 11.3 Å². The van der Waals surface area contributed by atoms with Crippen molar-refractivity contribution in [2.75, 3.05) is 0 Å². The van der Waals surface area contributed by atoms with Gasteiger partial charge in [0.15, 0.2) is 0 Å². The Labute approximate surface area is 128 Å². The Balaban J connectivity index is 2.32. The zero-order chi connectivity index (χ0) is 14.4. The van der Waals surface area contributed by atoms with Crippen molar-refractivity contribution in [3.05, 3.63) is 20.3 Å². The lowest BCUT2D eigenvalue weighted by Gasteiger charge is -2.32. The van der Waals surface area contributed by atoms with Gasteiger partial charge in [-0.25, -0.2) is 0 Å². The minimum atomic E-state index is -0.176. The first-order chi connectivity index (χ1) is 8.66. The molecule has 3 nitrogen and oxygen atoms in total. The third-order valence-electron chi connectivity index (χ3n) is 3.91. The quantitative estimate of drug-likeness (QED) is 0.644. The maximum absolute atomic E-state index is 6.19. The summed E-state index contributed by atoms with van der Waals surface area (Å²) in [5, 5.41) is 0. The third-order valence-corrected chi connectivity index (χ3v) is 6.13. The molecule has 0 amide bonds. The number of aryl methyl sites for hydroxylation is 1. The maximum Gasteiger partial charge on any atom is 0.0731 e. The number of thiophene rings is 1. The zero-order valence-electron chi connectivity index (χ0n) is 12.2. The molecule has 3 N–H and O–H groups in total. The molecule has 1 saturated heterocycles. The van der Waals surface area contributed by atoms with Crippen molar-refractivity contribution in [2.24, 2.45) is 11.8 Å². The number of hydrogen-bond acceptors (Lipinski definition) is 4. The smallest absolute Gasteiger partial charge is 0.0731 e. The van der Waals surface area contributed by atoms with Gasteiger partial charge in [-0.2, -0.15) is 0 Å². The molecule has 2 unspecified atom stereocenters. The predicted octanol–water partition coefficient (Wildman–Crippen LogP) is 3.92.